The van der Waals surface area contributed by atoms with E-state index >= 15 is 0 Å². The number of ether oxygens (including phenoxy) is 1. The smallest absolute Gasteiger partial charge is 0.310 e. The standard InChI is InChI=1S/C15H27NO3/c1-2-7-15(14(17)18)8-5-9-16(12-15)11-13-6-3-4-10-19-13/h13H,2-12H2,1H3,(H,17,18). The number of carboxylic acid groups (broad SMARTS) is 1. The first-order valence-corrected chi connectivity index (χ1v) is 7.74. The van der Waals surface area contributed by atoms with Gasteiger partial charge in [0.25, 0.3) is 0 Å². The molecular weight excluding hydrogens is 242 g/mol. The normalized spacial score (nSPS) is 33.2. The second-order valence-corrected chi connectivity index (χ2v) is 6.16. The lowest BCUT2D eigenvalue weighted by atomic mass is 9.76. The Morgan fingerprint density at radius 2 is 2.26 bits per heavy atom. The first kappa shape index (κ1) is 14.8. The maximum atomic E-state index is 11.6. The summed E-state index contributed by atoms with van der Waals surface area (Å²) < 4.78 is 5.78. The van der Waals surface area contributed by atoms with Gasteiger partial charge in [-0.1, -0.05) is 13.3 Å². The van der Waals surface area contributed by atoms with Gasteiger partial charge in [-0.05, 0) is 45.1 Å². The van der Waals surface area contributed by atoms with Gasteiger partial charge in [0.2, 0.25) is 0 Å². The minimum atomic E-state index is -0.608. The summed E-state index contributed by atoms with van der Waals surface area (Å²) in [6.45, 7) is 5.60. The zero-order chi connectivity index (χ0) is 13.7. The summed E-state index contributed by atoms with van der Waals surface area (Å²) >= 11 is 0. The van der Waals surface area contributed by atoms with Crippen molar-refractivity contribution >= 4 is 5.97 Å². The van der Waals surface area contributed by atoms with E-state index in [1.807, 2.05) is 0 Å². The highest BCUT2D eigenvalue weighted by atomic mass is 16.5. The highest BCUT2D eigenvalue weighted by molar-refractivity contribution is 5.75. The monoisotopic (exact) mass is 269 g/mol. The van der Waals surface area contributed by atoms with Crippen molar-refractivity contribution in [3.05, 3.63) is 0 Å². The summed E-state index contributed by atoms with van der Waals surface area (Å²) in [6.07, 6.45) is 7.44. The van der Waals surface area contributed by atoms with Crippen molar-refractivity contribution in [1.29, 1.82) is 0 Å². The third-order valence-corrected chi connectivity index (χ3v) is 4.57. The number of carbonyl (C=O) groups is 1. The molecule has 0 amide bonds. The fourth-order valence-corrected chi connectivity index (χ4v) is 3.59. The molecule has 2 rings (SSSR count). The van der Waals surface area contributed by atoms with Crippen molar-refractivity contribution in [3.63, 3.8) is 0 Å². The summed E-state index contributed by atoms with van der Waals surface area (Å²) in [6, 6.07) is 0. The van der Waals surface area contributed by atoms with Crippen LogP contribution in [-0.2, 0) is 9.53 Å². The van der Waals surface area contributed by atoms with Crippen molar-refractivity contribution in [2.75, 3.05) is 26.2 Å². The highest BCUT2D eigenvalue weighted by Gasteiger charge is 2.41. The predicted molar refractivity (Wildman–Crippen MR) is 74.2 cm³/mol. The van der Waals surface area contributed by atoms with Crippen LogP contribution in [0, 0.1) is 5.41 Å². The molecule has 0 spiro atoms. The van der Waals surface area contributed by atoms with Crippen LogP contribution in [0.4, 0.5) is 0 Å². The molecule has 2 saturated heterocycles. The number of aliphatic carboxylic acids is 1. The summed E-state index contributed by atoms with van der Waals surface area (Å²) in [4.78, 5) is 14.0. The molecule has 0 radical (unpaired) electrons. The molecule has 0 aromatic rings. The Morgan fingerprint density at radius 1 is 1.42 bits per heavy atom. The van der Waals surface area contributed by atoms with E-state index in [2.05, 4.69) is 11.8 Å². The van der Waals surface area contributed by atoms with Crippen LogP contribution in [0.15, 0.2) is 0 Å². The molecule has 4 nitrogen and oxygen atoms in total. The molecule has 2 unspecified atom stereocenters. The van der Waals surface area contributed by atoms with E-state index in [0.29, 0.717) is 12.6 Å². The molecule has 4 heteroatoms. The minimum absolute atomic E-state index is 0.319. The first-order chi connectivity index (χ1) is 9.16. The number of nitrogens with zero attached hydrogens (tertiary/aromatic N) is 1. The van der Waals surface area contributed by atoms with E-state index in [4.69, 9.17) is 4.74 Å². The molecule has 2 atom stereocenters. The lowest BCUT2D eigenvalue weighted by molar-refractivity contribution is -0.154. The second-order valence-electron chi connectivity index (χ2n) is 6.16. The zero-order valence-corrected chi connectivity index (χ0v) is 12.1. The van der Waals surface area contributed by atoms with Gasteiger partial charge in [-0.2, -0.15) is 0 Å². The summed E-state index contributed by atoms with van der Waals surface area (Å²) in [5.41, 5.74) is -0.512. The van der Waals surface area contributed by atoms with Crippen LogP contribution in [0.5, 0.6) is 0 Å². The number of carboxylic acids is 1. The SMILES string of the molecule is CCCC1(C(=O)O)CCCN(CC2CCCCO2)C1. The maximum absolute atomic E-state index is 11.6. The molecule has 2 aliphatic rings. The van der Waals surface area contributed by atoms with Gasteiger partial charge in [-0.25, -0.2) is 0 Å². The van der Waals surface area contributed by atoms with Crippen LogP contribution in [0.3, 0.4) is 0 Å². The molecule has 19 heavy (non-hydrogen) atoms. The number of hydrogen-bond acceptors (Lipinski definition) is 3. The Balaban J connectivity index is 1.92. The molecule has 0 aliphatic carbocycles. The molecule has 2 heterocycles. The molecular formula is C15H27NO3. The van der Waals surface area contributed by atoms with Crippen LogP contribution in [-0.4, -0.2) is 48.3 Å². The number of piperidine rings is 1. The molecule has 2 aliphatic heterocycles. The van der Waals surface area contributed by atoms with Gasteiger partial charge >= 0.3 is 5.97 Å². The van der Waals surface area contributed by atoms with E-state index in [9.17, 15) is 9.90 Å². The van der Waals surface area contributed by atoms with E-state index < -0.39 is 11.4 Å². The minimum Gasteiger partial charge on any atom is -0.481 e. The van der Waals surface area contributed by atoms with Crippen LogP contribution >= 0.6 is 0 Å². The fraction of sp³-hybridized carbons (Fsp3) is 0.933. The maximum Gasteiger partial charge on any atom is 0.310 e. The van der Waals surface area contributed by atoms with E-state index in [1.54, 1.807) is 0 Å². The van der Waals surface area contributed by atoms with Crippen molar-refractivity contribution in [2.24, 2.45) is 5.41 Å². The van der Waals surface area contributed by atoms with E-state index in [0.717, 1.165) is 51.8 Å². The number of hydrogen-bond donors (Lipinski definition) is 1. The van der Waals surface area contributed by atoms with Crippen molar-refractivity contribution in [1.82, 2.24) is 4.90 Å². The van der Waals surface area contributed by atoms with Crippen LogP contribution < -0.4 is 0 Å². The Bertz CT molecular complexity index is 298. The molecule has 2 fully saturated rings. The Kier molecular flexibility index (Phi) is 5.22. The van der Waals surface area contributed by atoms with Gasteiger partial charge in [0.1, 0.15) is 0 Å². The third-order valence-electron chi connectivity index (χ3n) is 4.57. The van der Waals surface area contributed by atoms with Crippen LogP contribution in [0.25, 0.3) is 0 Å². The summed E-state index contributed by atoms with van der Waals surface area (Å²) in [7, 11) is 0. The van der Waals surface area contributed by atoms with Crippen molar-refractivity contribution in [2.45, 2.75) is 58.0 Å². The molecule has 1 N–H and O–H groups in total. The molecule has 0 bridgehead atoms. The Morgan fingerprint density at radius 3 is 2.89 bits per heavy atom. The molecule has 0 saturated carbocycles. The fourth-order valence-electron chi connectivity index (χ4n) is 3.59. The van der Waals surface area contributed by atoms with Gasteiger partial charge < -0.3 is 9.84 Å². The first-order valence-electron chi connectivity index (χ1n) is 7.74. The predicted octanol–water partition coefficient (Wildman–Crippen LogP) is 2.52. The summed E-state index contributed by atoms with van der Waals surface area (Å²) in [5, 5.41) is 9.59. The van der Waals surface area contributed by atoms with Gasteiger partial charge in [0.05, 0.1) is 11.5 Å². The third kappa shape index (κ3) is 3.69. The van der Waals surface area contributed by atoms with Crippen molar-refractivity contribution < 1.29 is 14.6 Å². The van der Waals surface area contributed by atoms with Gasteiger partial charge in [-0.15, -0.1) is 0 Å². The summed E-state index contributed by atoms with van der Waals surface area (Å²) in [5.74, 6) is -0.608. The average Bonchev–Trinajstić information content (AvgIpc) is 2.40. The molecule has 0 aromatic heterocycles. The Labute approximate surface area is 116 Å². The molecule has 0 aromatic carbocycles. The average molecular weight is 269 g/mol. The lowest BCUT2D eigenvalue weighted by Crippen LogP contribution is -2.50. The quantitative estimate of drug-likeness (QED) is 0.833. The highest BCUT2D eigenvalue weighted by Crippen LogP contribution is 2.35. The Hall–Kier alpha value is -0.610. The number of rotatable bonds is 5. The second kappa shape index (κ2) is 6.71. The topological polar surface area (TPSA) is 49.8 Å². The lowest BCUT2D eigenvalue weighted by Gasteiger charge is -2.41. The van der Waals surface area contributed by atoms with Gasteiger partial charge in [0, 0.05) is 19.7 Å². The van der Waals surface area contributed by atoms with E-state index in [1.165, 1.54) is 12.8 Å². The molecule has 110 valence electrons. The van der Waals surface area contributed by atoms with E-state index in [-0.39, 0.29) is 0 Å². The largest absolute Gasteiger partial charge is 0.481 e. The van der Waals surface area contributed by atoms with Crippen LogP contribution in [0.2, 0.25) is 0 Å². The zero-order valence-electron chi connectivity index (χ0n) is 12.1. The van der Waals surface area contributed by atoms with Gasteiger partial charge in [0.15, 0.2) is 0 Å². The van der Waals surface area contributed by atoms with Gasteiger partial charge in [-0.3, -0.25) is 9.69 Å². The number of likely N-dealkylation sites (tertiary alicyclic amines) is 1. The van der Waals surface area contributed by atoms with Crippen molar-refractivity contribution in [3.8, 4) is 0 Å². The van der Waals surface area contributed by atoms with Crippen LogP contribution in [0.1, 0.15) is 51.9 Å².